The van der Waals surface area contributed by atoms with E-state index in [0.29, 0.717) is 18.1 Å². The summed E-state index contributed by atoms with van der Waals surface area (Å²) < 4.78 is 50.5. The SMILES string of the molecule is Cc1cc(-c2ccc(C(F)(F)F)cc2)sc1C(C)COc1ccc(CC(C)(Oc2ccccc2)C(=O)O)cc1. The molecule has 0 aliphatic rings. The maximum Gasteiger partial charge on any atom is 0.416 e. The summed E-state index contributed by atoms with van der Waals surface area (Å²) in [5.74, 6) is 0.153. The van der Waals surface area contributed by atoms with Gasteiger partial charge in [-0.1, -0.05) is 49.4 Å². The van der Waals surface area contributed by atoms with Crippen LogP contribution in [0.5, 0.6) is 11.5 Å². The Bertz CT molecular complexity index is 1400. The molecule has 0 aliphatic heterocycles. The Morgan fingerprint density at radius 3 is 2.18 bits per heavy atom. The van der Waals surface area contributed by atoms with E-state index in [2.05, 4.69) is 0 Å². The predicted molar refractivity (Wildman–Crippen MR) is 147 cm³/mol. The van der Waals surface area contributed by atoms with Gasteiger partial charge < -0.3 is 14.6 Å². The van der Waals surface area contributed by atoms with Gasteiger partial charge in [-0.3, -0.25) is 0 Å². The van der Waals surface area contributed by atoms with Gasteiger partial charge in [-0.05, 0) is 73.0 Å². The second kappa shape index (κ2) is 11.5. The van der Waals surface area contributed by atoms with Crippen LogP contribution in [0.4, 0.5) is 13.2 Å². The van der Waals surface area contributed by atoms with E-state index in [1.165, 1.54) is 12.1 Å². The number of rotatable bonds is 10. The molecule has 8 heteroatoms. The third-order valence-electron chi connectivity index (χ3n) is 6.40. The normalized spacial score (nSPS) is 13.9. The molecule has 4 rings (SSSR count). The van der Waals surface area contributed by atoms with E-state index < -0.39 is 23.3 Å². The Balaban J connectivity index is 1.38. The fourth-order valence-electron chi connectivity index (χ4n) is 4.25. The second-order valence-corrected chi connectivity index (χ2v) is 10.8. The molecule has 0 amide bonds. The molecular formula is C31H29F3O4S. The van der Waals surface area contributed by atoms with Crippen molar-refractivity contribution in [1.29, 1.82) is 0 Å². The van der Waals surface area contributed by atoms with Gasteiger partial charge in [0.05, 0.1) is 12.2 Å². The van der Waals surface area contributed by atoms with Crippen molar-refractivity contribution in [3.05, 3.63) is 106 Å². The van der Waals surface area contributed by atoms with Gasteiger partial charge in [0.25, 0.3) is 0 Å². The molecule has 0 spiro atoms. The molecule has 0 saturated carbocycles. The van der Waals surface area contributed by atoms with Crippen LogP contribution in [0, 0.1) is 6.92 Å². The number of alkyl halides is 3. The van der Waals surface area contributed by atoms with Crippen LogP contribution in [0.25, 0.3) is 10.4 Å². The van der Waals surface area contributed by atoms with Crippen LogP contribution in [0.2, 0.25) is 0 Å². The lowest BCUT2D eigenvalue weighted by Crippen LogP contribution is -2.43. The molecule has 0 fully saturated rings. The molecule has 1 heterocycles. The first-order chi connectivity index (χ1) is 18.4. The smallest absolute Gasteiger partial charge is 0.416 e. The van der Waals surface area contributed by atoms with Crippen LogP contribution in [-0.2, 0) is 17.4 Å². The first-order valence-corrected chi connectivity index (χ1v) is 13.2. The number of ether oxygens (including phenoxy) is 2. The summed E-state index contributed by atoms with van der Waals surface area (Å²) in [6.07, 6.45) is -4.18. The monoisotopic (exact) mass is 554 g/mol. The molecule has 1 N–H and O–H groups in total. The molecule has 1 aromatic heterocycles. The van der Waals surface area contributed by atoms with Gasteiger partial charge >= 0.3 is 12.1 Å². The highest BCUT2D eigenvalue weighted by molar-refractivity contribution is 7.15. The quantitative estimate of drug-likeness (QED) is 0.214. The molecule has 204 valence electrons. The van der Waals surface area contributed by atoms with Crippen LogP contribution >= 0.6 is 11.3 Å². The van der Waals surface area contributed by atoms with Crippen LogP contribution in [0.1, 0.15) is 41.3 Å². The van der Waals surface area contributed by atoms with Crippen molar-refractivity contribution in [2.24, 2.45) is 0 Å². The summed E-state index contributed by atoms with van der Waals surface area (Å²) in [6.45, 7) is 6.00. The Morgan fingerprint density at radius 2 is 1.59 bits per heavy atom. The summed E-state index contributed by atoms with van der Waals surface area (Å²) in [5.41, 5.74) is 0.512. The minimum absolute atomic E-state index is 0.0625. The van der Waals surface area contributed by atoms with Gasteiger partial charge in [0.2, 0.25) is 5.60 Å². The lowest BCUT2D eigenvalue weighted by molar-refractivity contribution is -0.153. The molecule has 3 aromatic carbocycles. The van der Waals surface area contributed by atoms with Gasteiger partial charge in [0.1, 0.15) is 11.5 Å². The highest BCUT2D eigenvalue weighted by Gasteiger charge is 2.36. The molecule has 0 radical (unpaired) electrons. The summed E-state index contributed by atoms with van der Waals surface area (Å²) in [6, 6.07) is 23.3. The summed E-state index contributed by atoms with van der Waals surface area (Å²) in [7, 11) is 0. The number of benzene rings is 3. The van der Waals surface area contributed by atoms with Gasteiger partial charge in [-0.15, -0.1) is 11.3 Å². The van der Waals surface area contributed by atoms with Crippen molar-refractivity contribution >= 4 is 17.3 Å². The van der Waals surface area contributed by atoms with Crippen LogP contribution < -0.4 is 9.47 Å². The largest absolute Gasteiger partial charge is 0.493 e. The first kappa shape index (κ1) is 28.2. The van der Waals surface area contributed by atoms with E-state index in [9.17, 15) is 23.1 Å². The third kappa shape index (κ3) is 7.00. The predicted octanol–water partition coefficient (Wildman–Crippen LogP) is 8.39. The summed E-state index contributed by atoms with van der Waals surface area (Å²) in [5, 5.41) is 9.81. The Hall–Kier alpha value is -3.78. The number of carboxylic acids is 1. The molecule has 2 unspecified atom stereocenters. The Labute approximate surface area is 229 Å². The van der Waals surface area contributed by atoms with Crippen molar-refractivity contribution in [3.8, 4) is 21.9 Å². The molecule has 4 nitrogen and oxygen atoms in total. The number of carbonyl (C=O) groups is 1. The minimum atomic E-state index is -4.36. The molecular weight excluding hydrogens is 525 g/mol. The van der Waals surface area contributed by atoms with Crippen molar-refractivity contribution in [3.63, 3.8) is 0 Å². The fraction of sp³-hybridized carbons (Fsp3) is 0.258. The van der Waals surface area contributed by atoms with E-state index >= 15 is 0 Å². The van der Waals surface area contributed by atoms with E-state index in [-0.39, 0.29) is 12.3 Å². The molecule has 2 atom stereocenters. The lowest BCUT2D eigenvalue weighted by atomic mass is 9.96. The number of thiophene rings is 1. The number of halogens is 3. The zero-order valence-corrected chi connectivity index (χ0v) is 22.6. The topological polar surface area (TPSA) is 55.8 Å². The average molecular weight is 555 g/mol. The Kier molecular flexibility index (Phi) is 8.35. The number of aryl methyl sites for hydroxylation is 1. The van der Waals surface area contributed by atoms with E-state index in [1.807, 2.05) is 50.2 Å². The molecule has 0 saturated heterocycles. The van der Waals surface area contributed by atoms with E-state index in [0.717, 1.165) is 38.6 Å². The Morgan fingerprint density at radius 1 is 0.949 bits per heavy atom. The number of carboxylic acid groups (broad SMARTS) is 1. The number of hydrogen-bond acceptors (Lipinski definition) is 4. The molecule has 0 bridgehead atoms. The van der Waals surface area contributed by atoms with Gasteiger partial charge in [0.15, 0.2) is 0 Å². The lowest BCUT2D eigenvalue weighted by Gasteiger charge is -2.26. The molecule has 0 aliphatic carbocycles. The number of para-hydroxylation sites is 1. The second-order valence-electron chi connectivity index (χ2n) is 9.72. The molecule has 39 heavy (non-hydrogen) atoms. The van der Waals surface area contributed by atoms with Crippen molar-refractivity contribution in [2.75, 3.05) is 6.61 Å². The third-order valence-corrected chi connectivity index (χ3v) is 7.92. The number of hydrogen-bond donors (Lipinski definition) is 1. The van der Waals surface area contributed by atoms with E-state index in [1.54, 1.807) is 42.5 Å². The van der Waals surface area contributed by atoms with Crippen molar-refractivity contribution in [1.82, 2.24) is 0 Å². The van der Waals surface area contributed by atoms with Crippen LogP contribution in [0.3, 0.4) is 0 Å². The van der Waals surface area contributed by atoms with Gasteiger partial charge in [0, 0.05) is 22.1 Å². The average Bonchev–Trinajstić information content (AvgIpc) is 3.30. The molecule has 4 aromatic rings. The fourth-order valence-corrected chi connectivity index (χ4v) is 5.46. The van der Waals surface area contributed by atoms with Crippen molar-refractivity contribution < 1.29 is 32.5 Å². The van der Waals surface area contributed by atoms with Crippen LogP contribution in [0.15, 0.2) is 84.9 Å². The van der Waals surface area contributed by atoms with Crippen LogP contribution in [-0.4, -0.2) is 23.3 Å². The number of aliphatic carboxylic acids is 1. The zero-order chi connectivity index (χ0) is 28.2. The summed E-state index contributed by atoms with van der Waals surface area (Å²) in [4.78, 5) is 14.0. The minimum Gasteiger partial charge on any atom is -0.493 e. The van der Waals surface area contributed by atoms with Gasteiger partial charge in [-0.2, -0.15) is 13.2 Å². The first-order valence-electron chi connectivity index (χ1n) is 12.4. The van der Waals surface area contributed by atoms with Gasteiger partial charge in [-0.25, -0.2) is 4.79 Å². The maximum atomic E-state index is 12.9. The summed E-state index contributed by atoms with van der Waals surface area (Å²) >= 11 is 1.55. The van der Waals surface area contributed by atoms with Crippen molar-refractivity contribution in [2.45, 2.75) is 44.9 Å². The maximum absolute atomic E-state index is 12.9. The highest BCUT2D eigenvalue weighted by atomic mass is 32.1. The van der Waals surface area contributed by atoms with E-state index in [4.69, 9.17) is 9.47 Å². The highest BCUT2D eigenvalue weighted by Crippen LogP contribution is 2.37. The standard InChI is InChI=1S/C31H29F3O4S/c1-20-17-27(23-11-13-24(14-12-23)31(32,33)34)39-28(20)21(2)19-37-25-15-9-22(10-16-25)18-30(3,29(35)36)38-26-7-5-4-6-8-26/h4-17,21H,18-19H2,1-3H3,(H,35,36). The zero-order valence-electron chi connectivity index (χ0n) is 21.8.